The maximum atomic E-state index is 14.1. The molecule has 0 unspecified atom stereocenters. The van der Waals surface area contributed by atoms with Crippen molar-refractivity contribution < 1.29 is 18.0 Å². The maximum Gasteiger partial charge on any atom is 0.418 e. The highest BCUT2D eigenvalue weighted by Gasteiger charge is 2.36. The van der Waals surface area contributed by atoms with Crippen LogP contribution in [-0.2, 0) is 19.0 Å². The van der Waals surface area contributed by atoms with Crippen molar-refractivity contribution in [3.8, 4) is 11.3 Å². The van der Waals surface area contributed by atoms with Crippen LogP contribution in [-0.4, -0.2) is 58.2 Å². The Morgan fingerprint density at radius 2 is 1.91 bits per heavy atom. The predicted octanol–water partition coefficient (Wildman–Crippen LogP) is 4.36. The molecular weight excluding hydrogens is 457 g/mol. The number of nitrogens with zero attached hydrogens (tertiary/aromatic N) is 4. The maximum absolute atomic E-state index is 14.1. The van der Waals surface area contributed by atoms with Crippen molar-refractivity contribution in [2.75, 3.05) is 27.2 Å². The number of rotatable bonds is 5. The van der Waals surface area contributed by atoms with Gasteiger partial charge in [0.25, 0.3) is 5.91 Å². The normalized spacial score (nSPS) is 14.0. The fourth-order valence-corrected chi connectivity index (χ4v) is 4.73. The molecule has 1 aromatic carbocycles. The third-order valence-electron chi connectivity index (χ3n) is 6.42. The van der Waals surface area contributed by atoms with E-state index >= 15 is 0 Å². The molecule has 0 radical (unpaired) electrons. The Morgan fingerprint density at radius 1 is 1.14 bits per heavy atom. The molecule has 0 spiro atoms. The number of H-pyrrole nitrogens is 1. The predicted molar refractivity (Wildman–Crippen MR) is 127 cm³/mol. The molecule has 10 heteroatoms. The zero-order valence-corrected chi connectivity index (χ0v) is 19.5. The third-order valence-corrected chi connectivity index (χ3v) is 6.42. The number of fused-ring (bicyclic) bond motifs is 5. The molecule has 1 aliphatic carbocycles. The van der Waals surface area contributed by atoms with Crippen LogP contribution < -0.4 is 5.32 Å². The number of halogens is 3. The molecule has 0 saturated heterocycles. The van der Waals surface area contributed by atoms with Gasteiger partial charge in [-0.1, -0.05) is 0 Å². The van der Waals surface area contributed by atoms with E-state index in [-0.39, 0.29) is 17.1 Å². The summed E-state index contributed by atoms with van der Waals surface area (Å²) >= 11 is 0. The molecule has 7 nitrogen and oxygen atoms in total. The molecule has 0 bridgehead atoms. The molecule has 1 aliphatic rings. The van der Waals surface area contributed by atoms with Crippen molar-refractivity contribution in [3.63, 3.8) is 0 Å². The van der Waals surface area contributed by atoms with Gasteiger partial charge in [0, 0.05) is 35.6 Å². The fraction of sp³-hybridized carbons (Fsp3) is 0.360. The van der Waals surface area contributed by atoms with Crippen LogP contribution in [0.3, 0.4) is 0 Å². The molecule has 0 atom stereocenters. The lowest BCUT2D eigenvalue weighted by atomic mass is 9.85. The number of aromatic nitrogens is 4. The quantitative estimate of drug-likeness (QED) is 0.441. The number of alkyl halides is 3. The molecule has 1 amide bonds. The Balaban J connectivity index is 1.63. The van der Waals surface area contributed by atoms with Gasteiger partial charge in [-0.25, -0.2) is 4.98 Å². The molecule has 182 valence electrons. The van der Waals surface area contributed by atoms with Crippen LogP contribution >= 0.6 is 0 Å². The average Bonchev–Trinajstić information content (AvgIpc) is 3.31. The van der Waals surface area contributed by atoms with Crippen LogP contribution in [0.2, 0.25) is 0 Å². The van der Waals surface area contributed by atoms with Crippen molar-refractivity contribution in [1.82, 2.24) is 30.4 Å². The van der Waals surface area contributed by atoms with E-state index in [1.54, 1.807) is 18.3 Å². The lowest BCUT2D eigenvalue weighted by Crippen LogP contribution is -2.31. The van der Waals surface area contributed by atoms with Gasteiger partial charge >= 0.3 is 6.18 Å². The summed E-state index contributed by atoms with van der Waals surface area (Å²) in [4.78, 5) is 23.2. The van der Waals surface area contributed by atoms with Crippen LogP contribution in [0, 0.1) is 0 Å². The Labute approximate surface area is 199 Å². The van der Waals surface area contributed by atoms with E-state index in [1.165, 1.54) is 6.20 Å². The summed E-state index contributed by atoms with van der Waals surface area (Å²) in [6.07, 6.45) is 1.73. The molecule has 0 saturated carbocycles. The number of pyridine rings is 2. The Morgan fingerprint density at radius 3 is 2.60 bits per heavy atom. The third kappa shape index (κ3) is 4.34. The van der Waals surface area contributed by atoms with Crippen molar-refractivity contribution in [3.05, 3.63) is 53.0 Å². The van der Waals surface area contributed by atoms with Crippen molar-refractivity contribution in [1.29, 1.82) is 0 Å². The smallest absolute Gasteiger partial charge is 0.349 e. The van der Waals surface area contributed by atoms with Gasteiger partial charge in [-0.15, -0.1) is 0 Å². The van der Waals surface area contributed by atoms with Crippen LogP contribution in [0.25, 0.3) is 33.1 Å². The Kier molecular flexibility index (Phi) is 5.92. The molecule has 2 N–H and O–H groups in total. The minimum absolute atomic E-state index is 0.0763. The van der Waals surface area contributed by atoms with Gasteiger partial charge in [-0.2, -0.15) is 18.3 Å². The SMILES string of the molecule is CN(C)CCNC(=O)c1ccc(-c2nc3c(C(F)(F)F)cc4[nH]ncc4c3c3c2CCCC3)cn1. The molecule has 0 aliphatic heterocycles. The highest BCUT2D eigenvalue weighted by Crippen LogP contribution is 2.43. The van der Waals surface area contributed by atoms with Gasteiger partial charge in [-0.3, -0.25) is 14.9 Å². The van der Waals surface area contributed by atoms with Gasteiger partial charge in [0.1, 0.15) is 5.69 Å². The molecule has 0 fully saturated rings. The molecular formula is C25H25F3N6O. The van der Waals surface area contributed by atoms with Gasteiger partial charge in [0.05, 0.1) is 28.5 Å². The number of hydrogen-bond acceptors (Lipinski definition) is 5. The topological polar surface area (TPSA) is 86.8 Å². The standard InChI is InChI=1S/C25H25F3N6O/c1-34(2)10-9-29-24(35)19-8-7-14(12-30-19)22-16-6-4-3-5-15(16)21-17-13-31-33-20(17)11-18(23(21)32-22)25(26,27)28/h7-8,11-13H,3-6,9-10H2,1-2H3,(H,29,35)(H,31,33). The van der Waals surface area contributed by atoms with E-state index in [1.807, 2.05) is 19.0 Å². The van der Waals surface area contributed by atoms with Crippen molar-refractivity contribution >= 4 is 27.7 Å². The Bertz CT molecular complexity index is 1410. The van der Waals surface area contributed by atoms with E-state index in [2.05, 4.69) is 25.5 Å². The number of carbonyl (C=O) groups is 1. The minimum Gasteiger partial charge on any atom is -0.349 e. The summed E-state index contributed by atoms with van der Waals surface area (Å²) in [6.45, 7) is 1.18. The number of likely N-dealkylation sites (N-methyl/N-ethyl adjacent to an activating group) is 1. The molecule has 5 rings (SSSR count). The Hall–Kier alpha value is -3.53. The number of benzene rings is 1. The first-order valence-electron chi connectivity index (χ1n) is 11.5. The zero-order chi connectivity index (χ0) is 24.7. The van der Waals surface area contributed by atoms with E-state index in [0.29, 0.717) is 47.1 Å². The summed E-state index contributed by atoms with van der Waals surface area (Å²) in [6, 6.07) is 4.38. The van der Waals surface area contributed by atoms with Gasteiger partial charge < -0.3 is 10.2 Å². The second-order valence-electron chi connectivity index (χ2n) is 9.09. The number of carbonyl (C=O) groups excluding carboxylic acids is 1. The van der Waals surface area contributed by atoms with Gasteiger partial charge in [0.15, 0.2) is 0 Å². The second-order valence-corrected chi connectivity index (χ2v) is 9.09. The first kappa shape index (κ1) is 23.2. The van der Waals surface area contributed by atoms with Crippen LogP contribution in [0.5, 0.6) is 0 Å². The van der Waals surface area contributed by atoms with Crippen molar-refractivity contribution in [2.45, 2.75) is 31.9 Å². The van der Waals surface area contributed by atoms with E-state index in [0.717, 1.165) is 36.5 Å². The lowest BCUT2D eigenvalue weighted by Gasteiger charge is -2.23. The minimum atomic E-state index is -4.57. The highest BCUT2D eigenvalue weighted by atomic mass is 19.4. The lowest BCUT2D eigenvalue weighted by molar-refractivity contribution is -0.136. The second kappa shape index (κ2) is 8.92. The number of amides is 1. The summed E-state index contributed by atoms with van der Waals surface area (Å²) < 4.78 is 42.2. The van der Waals surface area contributed by atoms with Crippen LogP contribution in [0.4, 0.5) is 13.2 Å². The van der Waals surface area contributed by atoms with Crippen molar-refractivity contribution in [2.24, 2.45) is 0 Å². The fourth-order valence-electron chi connectivity index (χ4n) is 4.73. The highest BCUT2D eigenvalue weighted by molar-refractivity contribution is 6.09. The molecule has 4 aromatic rings. The number of aromatic amines is 1. The first-order valence-corrected chi connectivity index (χ1v) is 11.5. The van der Waals surface area contributed by atoms with Gasteiger partial charge in [-0.05, 0) is 69.1 Å². The largest absolute Gasteiger partial charge is 0.418 e. The van der Waals surface area contributed by atoms with E-state index in [4.69, 9.17) is 0 Å². The summed E-state index contributed by atoms with van der Waals surface area (Å²) in [5.41, 5.74) is 2.64. The summed E-state index contributed by atoms with van der Waals surface area (Å²) in [5.74, 6) is -0.298. The monoisotopic (exact) mass is 482 g/mol. The number of hydrogen-bond donors (Lipinski definition) is 2. The van der Waals surface area contributed by atoms with E-state index in [9.17, 15) is 18.0 Å². The van der Waals surface area contributed by atoms with E-state index < -0.39 is 11.7 Å². The summed E-state index contributed by atoms with van der Waals surface area (Å²) in [5, 5.41) is 10.7. The molecule has 3 aromatic heterocycles. The average molecular weight is 483 g/mol. The van der Waals surface area contributed by atoms with Crippen LogP contribution in [0.1, 0.15) is 40.0 Å². The number of nitrogens with one attached hydrogen (secondary N) is 2. The summed E-state index contributed by atoms with van der Waals surface area (Å²) in [7, 11) is 3.83. The molecule has 3 heterocycles. The van der Waals surface area contributed by atoms with Gasteiger partial charge in [0.2, 0.25) is 0 Å². The first-order chi connectivity index (χ1) is 16.7. The zero-order valence-electron chi connectivity index (χ0n) is 19.5. The molecule has 35 heavy (non-hydrogen) atoms. The van der Waals surface area contributed by atoms with Crippen LogP contribution in [0.15, 0.2) is 30.6 Å². The number of aryl methyl sites for hydroxylation is 1.